The number of nitrogens with zero attached hydrogens (tertiary/aromatic N) is 2. The second-order valence-electron chi connectivity index (χ2n) is 4.03. The molecule has 0 fully saturated rings. The summed E-state index contributed by atoms with van der Waals surface area (Å²) in [5.41, 5.74) is 1.55. The maximum atomic E-state index is 11.9. The van der Waals surface area contributed by atoms with Crippen LogP contribution < -0.4 is 4.31 Å². The van der Waals surface area contributed by atoms with Gasteiger partial charge in [0.05, 0.1) is 11.9 Å². The lowest BCUT2D eigenvalue weighted by molar-refractivity contribution is 0.585. The van der Waals surface area contributed by atoms with Crippen molar-refractivity contribution in [2.24, 2.45) is 4.40 Å². The molecule has 0 spiro atoms. The number of rotatable bonds is 2. The van der Waals surface area contributed by atoms with Gasteiger partial charge in [-0.15, -0.1) is 11.8 Å². The third-order valence-corrected chi connectivity index (χ3v) is 4.73. The Bertz CT molecular complexity index is 565. The van der Waals surface area contributed by atoms with Gasteiger partial charge in [0.1, 0.15) is 0 Å². The van der Waals surface area contributed by atoms with Crippen LogP contribution in [0.2, 0.25) is 0 Å². The molecule has 1 heterocycles. The molecule has 0 saturated carbocycles. The summed E-state index contributed by atoms with van der Waals surface area (Å²) in [5.74, 6) is 0. The zero-order valence-electron chi connectivity index (χ0n) is 9.91. The van der Waals surface area contributed by atoms with Gasteiger partial charge < -0.3 is 0 Å². The van der Waals surface area contributed by atoms with Gasteiger partial charge in [-0.1, -0.05) is 6.07 Å². The molecule has 1 aromatic carbocycles. The molecule has 0 aliphatic carbocycles. The van der Waals surface area contributed by atoms with Gasteiger partial charge in [-0.3, -0.25) is 0 Å². The third-order valence-electron chi connectivity index (χ3n) is 2.52. The first-order chi connectivity index (χ1) is 7.95. The summed E-state index contributed by atoms with van der Waals surface area (Å²) < 4.78 is 28.8. The number of thioether (sulfide) groups is 1. The molecule has 0 amide bonds. The summed E-state index contributed by atoms with van der Waals surface area (Å²) in [6, 6.07) is 5.61. The lowest BCUT2D eigenvalue weighted by Crippen LogP contribution is -2.38. The maximum Gasteiger partial charge on any atom is 0.344 e. The Labute approximate surface area is 106 Å². The first kappa shape index (κ1) is 12.4. The molecule has 6 heteroatoms. The van der Waals surface area contributed by atoms with Gasteiger partial charge in [-0.05, 0) is 32.2 Å². The lowest BCUT2D eigenvalue weighted by Gasteiger charge is -2.29. The molecule has 0 aromatic heterocycles. The summed E-state index contributed by atoms with van der Waals surface area (Å²) in [7, 11) is -3.57. The summed E-state index contributed by atoms with van der Waals surface area (Å²) in [6.07, 6.45) is 3.38. The van der Waals surface area contributed by atoms with Crippen LogP contribution in [0.4, 0.5) is 5.69 Å². The van der Waals surface area contributed by atoms with E-state index in [-0.39, 0.29) is 6.04 Å². The number of benzene rings is 1. The predicted octanol–water partition coefficient (Wildman–Crippen LogP) is 2.30. The van der Waals surface area contributed by atoms with E-state index in [1.54, 1.807) is 11.8 Å². The first-order valence-corrected chi connectivity index (χ1v) is 7.85. The Morgan fingerprint density at radius 1 is 1.35 bits per heavy atom. The van der Waals surface area contributed by atoms with Crippen LogP contribution in [0.3, 0.4) is 0 Å². The van der Waals surface area contributed by atoms with E-state index in [1.165, 1.54) is 10.5 Å². The van der Waals surface area contributed by atoms with Crippen molar-refractivity contribution in [3.63, 3.8) is 0 Å². The van der Waals surface area contributed by atoms with Crippen molar-refractivity contribution in [3.8, 4) is 0 Å². The minimum Gasteiger partial charge on any atom is -0.249 e. The van der Waals surface area contributed by atoms with Crippen molar-refractivity contribution >= 4 is 33.9 Å². The average molecular weight is 270 g/mol. The van der Waals surface area contributed by atoms with E-state index in [1.807, 2.05) is 38.3 Å². The van der Waals surface area contributed by atoms with Crippen molar-refractivity contribution in [3.05, 3.63) is 23.8 Å². The van der Waals surface area contributed by atoms with Gasteiger partial charge in [-0.2, -0.15) is 12.8 Å². The molecule has 0 atom stereocenters. The smallest absolute Gasteiger partial charge is 0.249 e. The Balaban J connectivity index is 2.64. The molecular formula is C11H14N2O2S2. The van der Waals surface area contributed by atoms with Crippen LogP contribution in [0.25, 0.3) is 0 Å². The largest absolute Gasteiger partial charge is 0.344 e. The van der Waals surface area contributed by atoms with Crippen LogP contribution in [-0.4, -0.2) is 26.9 Å². The second-order valence-corrected chi connectivity index (χ2v) is 6.41. The summed E-state index contributed by atoms with van der Waals surface area (Å²) >= 11 is 1.59. The molecule has 0 bridgehead atoms. The predicted molar refractivity (Wildman–Crippen MR) is 72.4 cm³/mol. The first-order valence-electron chi connectivity index (χ1n) is 5.23. The molecule has 0 unspecified atom stereocenters. The van der Waals surface area contributed by atoms with Gasteiger partial charge in [0.2, 0.25) is 0 Å². The topological polar surface area (TPSA) is 49.7 Å². The molecule has 1 aliphatic rings. The molecule has 92 valence electrons. The van der Waals surface area contributed by atoms with Crippen LogP contribution in [0.15, 0.2) is 27.5 Å². The number of hydrogen-bond acceptors (Lipinski definition) is 3. The minimum atomic E-state index is -3.57. The van der Waals surface area contributed by atoms with Crippen LogP contribution in [0.5, 0.6) is 0 Å². The highest BCUT2D eigenvalue weighted by atomic mass is 32.2. The van der Waals surface area contributed by atoms with Crippen molar-refractivity contribution in [1.29, 1.82) is 0 Å². The average Bonchev–Trinajstić information content (AvgIpc) is 2.26. The van der Waals surface area contributed by atoms with Gasteiger partial charge in [-0.25, -0.2) is 4.31 Å². The molecule has 1 aromatic rings. The van der Waals surface area contributed by atoms with Crippen LogP contribution in [-0.2, 0) is 10.2 Å². The minimum absolute atomic E-state index is 0.145. The normalized spacial score (nSPS) is 17.3. The summed E-state index contributed by atoms with van der Waals surface area (Å²) in [6.45, 7) is 3.68. The van der Waals surface area contributed by atoms with Crippen molar-refractivity contribution in [2.45, 2.75) is 24.8 Å². The molecule has 1 aliphatic heterocycles. The van der Waals surface area contributed by atoms with E-state index in [9.17, 15) is 8.42 Å². The van der Waals surface area contributed by atoms with E-state index >= 15 is 0 Å². The zero-order valence-corrected chi connectivity index (χ0v) is 11.5. The molecule has 0 radical (unpaired) electrons. The van der Waals surface area contributed by atoms with E-state index in [4.69, 9.17) is 0 Å². The number of fused-ring (bicyclic) bond motifs is 1. The van der Waals surface area contributed by atoms with Gasteiger partial charge >= 0.3 is 10.2 Å². The summed E-state index contributed by atoms with van der Waals surface area (Å²) in [5, 5.41) is 0. The quantitative estimate of drug-likeness (QED) is 0.775. The molecular weight excluding hydrogens is 256 g/mol. The Kier molecular flexibility index (Phi) is 3.18. The monoisotopic (exact) mass is 270 g/mol. The van der Waals surface area contributed by atoms with E-state index < -0.39 is 10.2 Å². The van der Waals surface area contributed by atoms with Crippen molar-refractivity contribution < 1.29 is 8.42 Å². The summed E-state index contributed by atoms with van der Waals surface area (Å²) in [4.78, 5) is 1.04. The van der Waals surface area contributed by atoms with Crippen LogP contribution in [0, 0.1) is 0 Å². The Morgan fingerprint density at radius 3 is 2.65 bits per heavy atom. The molecule has 0 N–H and O–H groups in total. The number of anilines is 1. The third kappa shape index (κ3) is 2.19. The number of hydrogen-bond donors (Lipinski definition) is 0. The SMILES string of the molecule is CSc1ccc2c(c1)N(C(C)C)S(=O)(=O)N=C2. The fraction of sp³-hybridized carbons (Fsp3) is 0.364. The van der Waals surface area contributed by atoms with E-state index in [0.717, 1.165) is 10.5 Å². The lowest BCUT2D eigenvalue weighted by atomic mass is 10.2. The van der Waals surface area contributed by atoms with Crippen molar-refractivity contribution in [1.82, 2.24) is 0 Å². The Hall–Kier alpha value is -1.01. The van der Waals surface area contributed by atoms with Gasteiger partial charge in [0, 0.05) is 16.5 Å². The highest BCUT2D eigenvalue weighted by Gasteiger charge is 2.29. The maximum absolute atomic E-state index is 11.9. The second kappa shape index (κ2) is 4.34. The zero-order chi connectivity index (χ0) is 12.6. The van der Waals surface area contributed by atoms with Crippen LogP contribution >= 0.6 is 11.8 Å². The standard InChI is InChI=1S/C11H14N2O2S2/c1-8(2)13-11-6-10(16-3)5-4-9(11)7-12-17(13,14)15/h4-8H,1-3H3. The van der Waals surface area contributed by atoms with Gasteiger partial charge in [0.15, 0.2) is 0 Å². The molecule has 4 nitrogen and oxygen atoms in total. The molecule has 0 saturated heterocycles. The molecule has 17 heavy (non-hydrogen) atoms. The fourth-order valence-corrected chi connectivity index (χ4v) is 3.51. The highest BCUT2D eigenvalue weighted by molar-refractivity contribution is 7.98. The highest BCUT2D eigenvalue weighted by Crippen LogP contribution is 2.32. The molecule has 2 rings (SSSR count). The Morgan fingerprint density at radius 2 is 2.06 bits per heavy atom. The fourth-order valence-electron chi connectivity index (χ4n) is 1.79. The van der Waals surface area contributed by atoms with Gasteiger partial charge in [0.25, 0.3) is 0 Å². The van der Waals surface area contributed by atoms with Crippen LogP contribution in [0.1, 0.15) is 19.4 Å². The van der Waals surface area contributed by atoms with E-state index in [0.29, 0.717) is 5.69 Å². The van der Waals surface area contributed by atoms with Crippen molar-refractivity contribution in [2.75, 3.05) is 10.6 Å². The van der Waals surface area contributed by atoms with E-state index in [2.05, 4.69) is 4.40 Å².